The zero-order chi connectivity index (χ0) is 19.9. The van der Waals surface area contributed by atoms with E-state index in [-0.39, 0.29) is 17.9 Å². The molecule has 0 aromatic heterocycles. The Morgan fingerprint density at radius 3 is 2.30 bits per heavy atom. The lowest BCUT2D eigenvalue weighted by molar-refractivity contribution is -0.123. The molecule has 0 atom stereocenters. The molecule has 2 aromatic carbocycles. The molecule has 2 aromatic rings. The molecule has 5 nitrogen and oxygen atoms in total. The van der Waals surface area contributed by atoms with Crippen molar-refractivity contribution in [1.29, 1.82) is 0 Å². The number of carbonyl (C=O) groups is 1. The fourth-order valence-electron chi connectivity index (χ4n) is 2.31. The molecule has 0 unspecified atom stereocenters. The van der Waals surface area contributed by atoms with Crippen LogP contribution in [0.2, 0.25) is 0 Å². The number of amides is 1. The number of carbonyl (C=O) groups excluding carboxylic acids is 1. The molecule has 0 spiro atoms. The smallest absolute Gasteiger partial charge is 0.258 e. The first-order valence-corrected chi connectivity index (χ1v) is 9.55. The summed E-state index contributed by atoms with van der Waals surface area (Å²) in [6.45, 7) is 7.18. The molecule has 0 saturated carbocycles. The Kier molecular flexibility index (Phi) is 7.54. The van der Waals surface area contributed by atoms with Crippen LogP contribution < -0.4 is 19.5 Å². The van der Waals surface area contributed by atoms with Crippen LogP contribution in [0.3, 0.4) is 0 Å². The van der Waals surface area contributed by atoms with Crippen LogP contribution in [0.5, 0.6) is 17.2 Å². The number of ether oxygens (including phenoxy) is 3. The first-order valence-electron chi connectivity index (χ1n) is 8.76. The van der Waals surface area contributed by atoms with Crippen LogP contribution in [-0.2, 0) is 10.2 Å². The molecule has 0 aliphatic heterocycles. The van der Waals surface area contributed by atoms with Crippen LogP contribution in [-0.4, -0.2) is 32.8 Å². The summed E-state index contributed by atoms with van der Waals surface area (Å²) >= 11 is 3.50. The molecule has 0 heterocycles. The second-order valence-electron chi connectivity index (χ2n) is 7.06. The summed E-state index contributed by atoms with van der Waals surface area (Å²) in [6.07, 6.45) is 0. The van der Waals surface area contributed by atoms with Gasteiger partial charge >= 0.3 is 0 Å². The fourth-order valence-corrected chi connectivity index (χ4v) is 2.80. The van der Waals surface area contributed by atoms with Crippen LogP contribution in [0.1, 0.15) is 26.3 Å². The highest BCUT2D eigenvalue weighted by Crippen LogP contribution is 2.31. The Hall–Kier alpha value is -2.21. The van der Waals surface area contributed by atoms with Gasteiger partial charge in [0.2, 0.25) is 0 Å². The van der Waals surface area contributed by atoms with Gasteiger partial charge in [0.15, 0.2) is 6.61 Å². The van der Waals surface area contributed by atoms with Crippen molar-refractivity contribution in [3.8, 4) is 17.2 Å². The van der Waals surface area contributed by atoms with Gasteiger partial charge in [0.1, 0.15) is 23.9 Å². The van der Waals surface area contributed by atoms with Gasteiger partial charge in [-0.05, 0) is 63.3 Å². The molecule has 0 aliphatic rings. The maximum atomic E-state index is 11.9. The van der Waals surface area contributed by atoms with Crippen molar-refractivity contribution in [2.45, 2.75) is 26.2 Å². The van der Waals surface area contributed by atoms with Crippen molar-refractivity contribution in [3.05, 3.63) is 52.5 Å². The molecule has 0 aliphatic carbocycles. The van der Waals surface area contributed by atoms with Crippen LogP contribution in [0.4, 0.5) is 0 Å². The van der Waals surface area contributed by atoms with Crippen molar-refractivity contribution >= 4 is 21.8 Å². The van der Waals surface area contributed by atoms with E-state index in [1.807, 2.05) is 42.5 Å². The minimum atomic E-state index is -0.194. The van der Waals surface area contributed by atoms with Crippen molar-refractivity contribution in [2.24, 2.45) is 0 Å². The third-order valence-corrected chi connectivity index (χ3v) is 4.53. The lowest BCUT2D eigenvalue weighted by atomic mass is 9.87. The predicted molar refractivity (Wildman–Crippen MR) is 110 cm³/mol. The van der Waals surface area contributed by atoms with E-state index in [2.05, 4.69) is 42.0 Å². The number of halogens is 1. The van der Waals surface area contributed by atoms with Crippen molar-refractivity contribution in [1.82, 2.24) is 5.32 Å². The van der Waals surface area contributed by atoms with Gasteiger partial charge in [-0.1, -0.05) is 26.8 Å². The van der Waals surface area contributed by atoms with Crippen LogP contribution >= 0.6 is 15.9 Å². The van der Waals surface area contributed by atoms with E-state index in [4.69, 9.17) is 14.2 Å². The van der Waals surface area contributed by atoms with E-state index >= 15 is 0 Å². The molecule has 6 heteroatoms. The summed E-state index contributed by atoms with van der Waals surface area (Å²) < 4.78 is 17.1. The van der Waals surface area contributed by atoms with Gasteiger partial charge in [-0.2, -0.15) is 0 Å². The Morgan fingerprint density at radius 2 is 1.70 bits per heavy atom. The summed E-state index contributed by atoms with van der Waals surface area (Å²) in [5.41, 5.74) is 1.25. The predicted octanol–water partition coefficient (Wildman–Crippen LogP) is 4.33. The molecular weight excluding hydrogens is 410 g/mol. The largest absolute Gasteiger partial charge is 0.497 e. The lowest BCUT2D eigenvalue weighted by Gasteiger charge is -2.20. The van der Waals surface area contributed by atoms with E-state index in [1.165, 1.54) is 5.56 Å². The van der Waals surface area contributed by atoms with Gasteiger partial charge in [-0.3, -0.25) is 4.79 Å². The van der Waals surface area contributed by atoms with Crippen molar-refractivity contribution < 1.29 is 19.0 Å². The summed E-state index contributed by atoms with van der Waals surface area (Å²) in [4.78, 5) is 11.9. The summed E-state index contributed by atoms with van der Waals surface area (Å²) in [5.74, 6) is 1.95. The highest BCUT2D eigenvalue weighted by atomic mass is 79.9. The SMILES string of the molecule is COc1ccc(OCCNC(=O)COc2ccc(C(C)(C)C)cc2Br)cc1. The Labute approximate surface area is 169 Å². The van der Waals surface area contributed by atoms with Crippen LogP contribution in [0.25, 0.3) is 0 Å². The van der Waals surface area contributed by atoms with E-state index in [9.17, 15) is 4.79 Å². The third-order valence-electron chi connectivity index (χ3n) is 3.91. The molecular formula is C21H26BrNO4. The van der Waals surface area contributed by atoms with Gasteiger partial charge < -0.3 is 19.5 Å². The minimum absolute atomic E-state index is 0.0456. The molecule has 0 fully saturated rings. The van der Waals surface area contributed by atoms with Crippen LogP contribution in [0.15, 0.2) is 46.9 Å². The normalized spacial score (nSPS) is 11.0. The van der Waals surface area contributed by atoms with E-state index in [1.54, 1.807) is 7.11 Å². The van der Waals surface area contributed by atoms with E-state index in [0.717, 1.165) is 16.0 Å². The van der Waals surface area contributed by atoms with Gasteiger partial charge in [-0.25, -0.2) is 0 Å². The first kappa shape index (κ1) is 21.1. The summed E-state index contributed by atoms with van der Waals surface area (Å²) in [7, 11) is 1.62. The Balaban J connectivity index is 1.71. The number of hydrogen-bond donors (Lipinski definition) is 1. The molecule has 0 saturated heterocycles. The van der Waals surface area contributed by atoms with E-state index < -0.39 is 0 Å². The van der Waals surface area contributed by atoms with Crippen molar-refractivity contribution in [3.63, 3.8) is 0 Å². The maximum Gasteiger partial charge on any atom is 0.258 e. The zero-order valence-corrected chi connectivity index (χ0v) is 17.8. The van der Waals surface area contributed by atoms with E-state index in [0.29, 0.717) is 18.9 Å². The Morgan fingerprint density at radius 1 is 1.04 bits per heavy atom. The molecule has 0 radical (unpaired) electrons. The minimum Gasteiger partial charge on any atom is -0.497 e. The van der Waals surface area contributed by atoms with Gasteiger partial charge in [0.05, 0.1) is 18.1 Å². The fraction of sp³-hybridized carbons (Fsp3) is 0.381. The van der Waals surface area contributed by atoms with Crippen LogP contribution in [0, 0.1) is 0 Å². The monoisotopic (exact) mass is 435 g/mol. The number of hydrogen-bond acceptors (Lipinski definition) is 4. The number of methoxy groups -OCH3 is 1. The number of benzene rings is 2. The van der Waals surface area contributed by atoms with Gasteiger partial charge in [-0.15, -0.1) is 0 Å². The van der Waals surface area contributed by atoms with Crippen molar-refractivity contribution in [2.75, 3.05) is 26.9 Å². The highest BCUT2D eigenvalue weighted by molar-refractivity contribution is 9.10. The molecule has 146 valence electrons. The second-order valence-corrected chi connectivity index (χ2v) is 7.91. The maximum absolute atomic E-state index is 11.9. The summed E-state index contributed by atoms with van der Waals surface area (Å²) in [5, 5.41) is 2.77. The Bertz CT molecular complexity index is 754. The quantitative estimate of drug-likeness (QED) is 0.626. The topological polar surface area (TPSA) is 56.8 Å². The van der Waals surface area contributed by atoms with Gasteiger partial charge in [0, 0.05) is 0 Å². The molecule has 0 bridgehead atoms. The molecule has 2 rings (SSSR count). The summed E-state index contributed by atoms with van der Waals surface area (Å²) in [6, 6.07) is 13.2. The standard InChI is InChI=1S/C21H26BrNO4/c1-21(2,3)15-5-10-19(18(22)13-15)27-14-20(24)23-11-12-26-17-8-6-16(25-4)7-9-17/h5-10,13H,11-12,14H2,1-4H3,(H,23,24). The number of nitrogens with one attached hydrogen (secondary N) is 1. The zero-order valence-electron chi connectivity index (χ0n) is 16.2. The average molecular weight is 436 g/mol. The average Bonchev–Trinajstić information content (AvgIpc) is 2.64. The lowest BCUT2D eigenvalue weighted by Crippen LogP contribution is -2.32. The first-order chi connectivity index (χ1) is 12.8. The third kappa shape index (κ3) is 6.79. The van der Waals surface area contributed by atoms with Gasteiger partial charge in [0.25, 0.3) is 5.91 Å². The molecule has 1 amide bonds. The number of rotatable bonds is 8. The highest BCUT2D eigenvalue weighted by Gasteiger charge is 2.15. The second kappa shape index (κ2) is 9.65. The molecule has 1 N–H and O–H groups in total. The molecule has 27 heavy (non-hydrogen) atoms.